The third-order valence-electron chi connectivity index (χ3n) is 4.05. The van der Waals surface area contributed by atoms with Crippen molar-refractivity contribution in [3.63, 3.8) is 0 Å². The number of rotatable bonds is 2. The molecule has 0 radical (unpaired) electrons. The third-order valence-corrected chi connectivity index (χ3v) is 6.34. The molecule has 0 spiro atoms. The highest BCUT2D eigenvalue weighted by Gasteiger charge is 2.33. The molecular formula is C13H21NOS. The molecule has 3 atom stereocenters. The lowest BCUT2D eigenvalue weighted by Gasteiger charge is -2.22. The smallest absolute Gasteiger partial charge is 0.0668 e. The van der Waals surface area contributed by atoms with Gasteiger partial charge in [0.05, 0.1) is 17.2 Å². The van der Waals surface area contributed by atoms with Gasteiger partial charge in [0.15, 0.2) is 0 Å². The van der Waals surface area contributed by atoms with Gasteiger partial charge >= 0.3 is 0 Å². The van der Waals surface area contributed by atoms with Crippen LogP contribution in [0.4, 0.5) is 0 Å². The summed E-state index contributed by atoms with van der Waals surface area (Å²) < 4.78 is 12.5. The topological polar surface area (TPSA) is 40.9 Å². The van der Waals surface area contributed by atoms with Crippen LogP contribution in [0.1, 0.15) is 57.8 Å². The van der Waals surface area contributed by atoms with E-state index in [0.717, 1.165) is 32.1 Å². The highest BCUT2D eigenvalue weighted by molar-refractivity contribution is 7.86. The van der Waals surface area contributed by atoms with Crippen LogP contribution in [0, 0.1) is 17.2 Å². The average Bonchev–Trinajstić information content (AvgIpc) is 2.73. The van der Waals surface area contributed by atoms with Gasteiger partial charge in [0.25, 0.3) is 0 Å². The summed E-state index contributed by atoms with van der Waals surface area (Å²) in [5.74, 6) is 0.0592. The second-order valence-corrected chi connectivity index (χ2v) is 7.08. The summed E-state index contributed by atoms with van der Waals surface area (Å²) in [6.45, 7) is 0. The van der Waals surface area contributed by atoms with Crippen molar-refractivity contribution in [1.29, 1.82) is 5.26 Å². The summed E-state index contributed by atoms with van der Waals surface area (Å²) >= 11 is 0. The van der Waals surface area contributed by atoms with Crippen LogP contribution in [0.5, 0.6) is 0 Å². The number of nitrogens with zero attached hydrogens (tertiary/aromatic N) is 1. The summed E-state index contributed by atoms with van der Waals surface area (Å²) in [5, 5.41) is 9.77. The summed E-state index contributed by atoms with van der Waals surface area (Å²) in [5.41, 5.74) is 0. The van der Waals surface area contributed by atoms with E-state index in [1.54, 1.807) is 0 Å². The standard InChI is InChI=1S/C13H21NOS/c14-10-11-6-2-1-3-9-13(11)16(15)12-7-4-5-8-12/h11-13H,1-9H2. The lowest BCUT2D eigenvalue weighted by molar-refractivity contribution is 0.558. The fourth-order valence-corrected chi connectivity index (χ4v) is 5.28. The van der Waals surface area contributed by atoms with Gasteiger partial charge in [0, 0.05) is 16.0 Å². The van der Waals surface area contributed by atoms with E-state index in [2.05, 4.69) is 6.07 Å². The van der Waals surface area contributed by atoms with Crippen LogP contribution >= 0.6 is 0 Å². The molecular weight excluding hydrogens is 218 g/mol. The molecule has 2 fully saturated rings. The first-order chi connectivity index (χ1) is 7.83. The zero-order valence-electron chi connectivity index (χ0n) is 9.86. The molecule has 2 nitrogen and oxygen atoms in total. The van der Waals surface area contributed by atoms with Crippen molar-refractivity contribution in [2.45, 2.75) is 68.3 Å². The maximum absolute atomic E-state index is 12.5. The van der Waals surface area contributed by atoms with E-state index >= 15 is 0 Å². The van der Waals surface area contributed by atoms with Gasteiger partial charge < -0.3 is 0 Å². The molecule has 0 N–H and O–H groups in total. The SMILES string of the molecule is N#CC1CCCCCC1S(=O)C1CCCC1. The molecule has 2 aliphatic rings. The van der Waals surface area contributed by atoms with Gasteiger partial charge in [-0.25, -0.2) is 0 Å². The minimum atomic E-state index is -0.745. The van der Waals surface area contributed by atoms with E-state index in [1.807, 2.05) is 0 Å². The molecule has 0 aromatic rings. The predicted molar refractivity (Wildman–Crippen MR) is 66.4 cm³/mol. The Morgan fingerprint density at radius 1 is 0.938 bits per heavy atom. The van der Waals surface area contributed by atoms with Gasteiger partial charge in [-0.15, -0.1) is 0 Å². The van der Waals surface area contributed by atoms with Crippen molar-refractivity contribution in [1.82, 2.24) is 0 Å². The average molecular weight is 239 g/mol. The monoisotopic (exact) mass is 239 g/mol. The first-order valence-electron chi connectivity index (χ1n) is 6.62. The van der Waals surface area contributed by atoms with Gasteiger partial charge in [0.2, 0.25) is 0 Å². The Balaban J connectivity index is 2.03. The molecule has 2 aliphatic carbocycles. The molecule has 3 heteroatoms. The predicted octanol–water partition coefficient (Wildman–Crippen LogP) is 3.15. The quantitative estimate of drug-likeness (QED) is 0.695. The highest BCUT2D eigenvalue weighted by Crippen LogP contribution is 2.32. The first kappa shape index (κ1) is 12.1. The molecule has 2 saturated carbocycles. The van der Waals surface area contributed by atoms with Crippen LogP contribution in [0.3, 0.4) is 0 Å². The fourth-order valence-electron chi connectivity index (χ4n) is 3.07. The summed E-state index contributed by atoms with van der Waals surface area (Å²) in [6, 6.07) is 2.41. The second kappa shape index (κ2) is 5.82. The molecule has 90 valence electrons. The maximum Gasteiger partial charge on any atom is 0.0668 e. The Hall–Kier alpha value is -0.360. The first-order valence-corrected chi connectivity index (χ1v) is 7.89. The highest BCUT2D eigenvalue weighted by atomic mass is 32.2. The number of hydrogen-bond donors (Lipinski definition) is 0. The summed E-state index contributed by atoms with van der Waals surface area (Å²) in [4.78, 5) is 0. The van der Waals surface area contributed by atoms with E-state index < -0.39 is 10.8 Å². The Labute approximate surface area is 101 Å². The molecule has 0 aliphatic heterocycles. The van der Waals surface area contributed by atoms with Crippen LogP contribution in [-0.2, 0) is 10.8 Å². The summed E-state index contributed by atoms with van der Waals surface area (Å²) in [7, 11) is -0.745. The molecule has 16 heavy (non-hydrogen) atoms. The van der Waals surface area contributed by atoms with Gasteiger partial charge in [-0.2, -0.15) is 5.26 Å². The third kappa shape index (κ3) is 2.66. The van der Waals surface area contributed by atoms with Crippen LogP contribution in [0.2, 0.25) is 0 Å². The van der Waals surface area contributed by atoms with E-state index in [4.69, 9.17) is 0 Å². The lowest BCUT2D eigenvalue weighted by atomic mass is 10.0. The van der Waals surface area contributed by atoms with Gasteiger partial charge in [-0.3, -0.25) is 4.21 Å². The second-order valence-electron chi connectivity index (χ2n) is 5.15. The molecule has 0 bridgehead atoms. The van der Waals surface area contributed by atoms with Crippen LogP contribution in [0.15, 0.2) is 0 Å². The Morgan fingerprint density at radius 3 is 2.25 bits per heavy atom. The fraction of sp³-hybridized carbons (Fsp3) is 0.923. The van der Waals surface area contributed by atoms with Crippen molar-refractivity contribution in [3.05, 3.63) is 0 Å². The number of hydrogen-bond acceptors (Lipinski definition) is 2. The molecule has 0 amide bonds. The molecule has 2 rings (SSSR count). The van der Waals surface area contributed by atoms with Crippen LogP contribution in [0.25, 0.3) is 0 Å². The minimum Gasteiger partial charge on any atom is -0.259 e. The van der Waals surface area contributed by atoms with Crippen molar-refractivity contribution < 1.29 is 4.21 Å². The zero-order valence-corrected chi connectivity index (χ0v) is 10.7. The van der Waals surface area contributed by atoms with E-state index in [1.165, 1.54) is 25.7 Å². The molecule has 0 aromatic carbocycles. The van der Waals surface area contributed by atoms with E-state index in [0.29, 0.717) is 5.25 Å². The molecule has 0 heterocycles. The van der Waals surface area contributed by atoms with Crippen LogP contribution < -0.4 is 0 Å². The van der Waals surface area contributed by atoms with Crippen molar-refractivity contribution >= 4 is 10.8 Å². The van der Waals surface area contributed by atoms with Crippen molar-refractivity contribution in [2.75, 3.05) is 0 Å². The molecule has 3 unspecified atom stereocenters. The van der Waals surface area contributed by atoms with E-state index in [9.17, 15) is 9.47 Å². The Kier molecular flexibility index (Phi) is 4.40. The van der Waals surface area contributed by atoms with Gasteiger partial charge in [-0.1, -0.05) is 32.1 Å². The zero-order chi connectivity index (χ0) is 11.4. The number of nitriles is 1. The van der Waals surface area contributed by atoms with Crippen molar-refractivity contribution in [3.8, 4) is 6.07 Å². The molecule has 0 saturated heterocycles. The van der Waals surface area contributed by atoms with Gasteiger partial charge in [0.1, 0.15) is 0 Å². The molecule has 0 aromatic heterocycles. The van der Waals surface area contributed by atoms with Crippen molar-refractivity contribution in [2.24, 2.45) is 5.92 Å². The van der Waals surface area contributed by atoms with Crippen LogP contribution in [-0.4, -0.2) is 14.7 Å². The Bertz CT molecular complexity index is 291. The largest absolute Gasteiger partial charge is 0.259 e. The minimum absolute atomic E-state index is 0.0592. The summed E-state index contributed by atoms with van der Waals surface area (Å²) in [6.07, 6.45) is 10.2. The normalized spacial score (nSPS) is 34.2. The maximum atomic E-state index is 12.5. The van der Waals surface area contributed by atoms with E-state index in [-0.39, 0.29) is 11.2 Å². The lowest BCUT2D eigenvalue weighted by Crippen LogP contribution is -2.29. The van der Waals surface area contributed by atoms with Gasteiger partial charge in [-0.05, 0) is 25.7 Å². The Morgan fingerprint density at radius 2 is 1.56 bits per heavy atom.